The highest BCUT2D eigenvalue weighted by Crippen LogP contribution is 2.33. The van der Waals surface area contributed by atoms with E-state index in [1.54, 1.807) is 36.4 Å². The monoisotopic (exact) mass is 393 g/mol. The lowest BCUT2D eigenvalue weighted by Crippen LogP contribution is -2.14. The number of sulfonamides is 1. The Kier molecular flexibility index (Phi) is 4.60. The number of benzene rings is 4. The molecule has 0 unspecified atom stereocenters. The van der Waals surface area contributed by atoms with Gasteiger partial charge in [0, 0.05) is 16.0 Å². The molecule has 1 N–H and O–H groups in total. The molecule has 4 aromatic carbocycles. The van der Waals surface area contributed by atoms with Crippen molar-refractivity contribution in [3.05, 3.63) is 96.0 Å². The van der Waals surface area contributed by atoms with E-state index in [1.165, 1.54) is 0 Å². The first-order valence-electron chi connectivity index (χ1n) is 8.41. The van der Waals surface area contributed by atoms with Gasteiger partial charge >= 0.3 is 0 Å². The van der Waals surface area contributed by atoms with Gasteiger partial charge in [0.25, 0.3) is 10.0 Å². The minimum absolute atomic E-state index is 0.161. The molecular formula is C22H16ClNO2S. The SMILES string of the molecule is O=S(=O)(Nc1ccccc1-c1ccccc1)c1cccc2cccc(Cl)c12. The second-order valence-electron chi connectivity index (χ2n) is 6.11. The predicted molar refractivity (Wildman–Crippen MR) is 112 cm³/mol. The molecule has 0 spiro atoms. The van der Waals surface area contributed by atoms with Crippen LogP contribution in [0.2, 0.25) is 5.02 Å². The van der Waals surface area contributed by atoms with Crippen molar-refractivity contribution in [2.75, 3.05) is 4.72 Å². The lowest BCUT2D eigenvalue weighted by atomic mass is 10.0. The van der Waals surface area contributed by atoms with E-state index in [4.69, 9.17) is 11.6 Å². The molecule has 134 valence electrons. The first-order chi connectivity index (χ1) is 13.1. The quantitative estimate of drug-likeness (QED) is 0.465. The summed E-state index contributed by atoms with van der Waals surface area (Å²) in [6.45, 7) is 0. The second-order valence-corrected chi connectivity index (χ2v) is 8.17. The molecule has 0 amide bonds. The maximum atomic E-state index is 13.2. The van der Waals surface area contributed by atoms with Gasteiger partial charge in [-0.2, -0.15) is 0 Å². The van der Waals surface area contributed by atoms with Gasteiger partial charge in [0.1, 0.15) is 0 Å². The molecule has 0 saturated heterocycles. The van der Waals surface area contributed by atoms with Gasteiger partial charge in [-0.1, -0.05) is 84.4 Å². The van der Waals surface area contributed by atoms with Crippen LogP contribution < -0.4 is 4.72 Å². The van der Waals surface area contributed by atoms with E-state index in [2.05, 4.69) is 4.72 Å². The summed E-state index contributed by atoms with van der Waals surface area (Å²) in [7, 11) is -3.83. The first kappa shape index (κ1) is 17.6. The Morgan fingerprint density at radius 2 is 1.37 bits per heavy atom. The van der Waals surface area contributed by atoms with Gasteiger partial charge in [0.05, 0.1) is 10.6 Å². The Morgan fingerprint density at radius 1 is 0.704 bits per heavy atom. The molecule has 0 aliphatic heterocycles. The van der Waals surface area contributed by atoms with E-state index in [1.807, 2.05) is 54.6 Å². The standard InChI is InChI=1S/C22H16ClNO2S/c23-19-13-6-10-17-11-7-15-21(22(17)19)27(25,26)24-20-14-5-4-12-18(20)16-8-2-1-3-9-16/h1-15,24H. The Morgan fingerprint density at radius 3 is 2.15 bits per heavy atom. The molecule has 0 radical (unpaired) electrons. The summed E-state index contributed by atoms with van der Waals surface area (Å²) in [5, 5.41) is 1.71. The summed E-state index contributed by atoms with van der Waals surface area (Å²) in [5.41, 5.74) is 2.27. The van der Waals surface area contributed by atoms with Crippen LogP contribution in [0.3, 0.4) is 0 Å². The number of fused-ring (bicyclic) bond motifs is 1. The molecule has 0 aliphatic carbocycles. The number of rotatable bonds is 4. The van der Waals surface area contributed by atoms with Gasteiger partial charge in [0.2, 0.25) is 0 Å². The van der Waals surface area contributed by atoms with E-state index < -0.39 is 10.0 Å². The molecular weight excluding hydrogens is 378 g/mol. The number of hydrogen-bond donors (Lipinski definition) is 1. The van der Waals surface area contributed by atoms with Crippen LogP contribution in [0.1, 0.15) is 0 Å². The maximum absolute atomic E-state index is 13.2. The number of hydrogen-bond acceptors (Lipinski definition) is 2. The van der Waals surface area contributed by atoms with E-state index in [0.29, 0.717) is 16.1 Å². The van der Waals surface area contributed by atoms with Crippen LogP contribution in [0.5, 0.6) is 0 Å². The first-order valence-corrected chi connectivity index (χ1v) is 10.3. The van der Waals surface area contributed by atoms with Crippen molar-refractivity contribution in [3.63, 3.8) is 0 Å². The van der Waals surface area contributed by atoms with E-state index in [-0.39, 0.29) is 4.90 Å². The number of para-hydroxylation sites is 1. The van der Waals surface area contributed by atoms with Crippen molar-refractivity contribution in [1.82, 2.24) is 0 Å². The van der Waals surface area contributed by atoms with Crippen LogP contribution in [-0.2, 0) is 10.0 Å². The molecule has 0 fully saturated rings. The van der Waals surface area contributed by atoms with Crippen molar-refractivity contribution in [1.29, 1.82) is 0 Å². The zero-order chi connectivity index (χ0) is 18.9. The van der Waals surface area contributed by atoms with Crippen molar-refractivity contribution in [2.45, 2.75) is 4.90 Å². The Balaban J connectivity index is 1.83. The van der Waals surface area contributed by atoms with Crippen LogP contribution >= 0.6 is 11.6 Å². The summed E-state index contributed by atoms with van der Waals surface area (Å²) in [6.07, 6.45) is 0. The summed E-state index contributed by atoms with van der Waals surface area (Å²) < 4.78 is 29.1. The average Bonchev–Trinajstić information content (AvgIpc) is 2.69. The molecule has 0 saturated carbocycles. The molecule has 0 atom stereocenters. The zero-order valence-electron chi connectivity index (χ0n) is 14.3. The summed E-state index contributed by atoms with van der Waals surface area (Å²) in [4.78, 5) is 0.161. The Bertz CT molecular complexity index is 1220. The summed E-state index contributed by atoms with van der Waals surface area (Å²) >= 11 is 6.31. The minimum Gasteiger partial charge on any atom is -0.279 e. The summed E-state index contributed by atoms with van der Waals surface area (Å²) in [5.74, 6) is 0. The highest BCUT2D eigenvalue weighted by Gasteiger charge is 2.20. The van der Waals surface area contributed by atoms with E-state index in [0.717, 1.165) is 16.5 Å². The van der Waals surface area contributed by atoms with Gasteiger partial charge in [0.15, 0.2) is 0 Å². The fraction of sp³-hybridized carbons (Fsp3) is 0. The molecule has 4 rings (SSSR count). The molecule has 0 aromatic heterocycles. The largest absolute Gasteiger partial charge is 0.279 e. The van der Waals surface area contributed by atoms with Crippen molar-refractivity contribution in [3.8, 4) is 11.1 Å². The summed E-state index contributed by atoms with van der Waals surface area (Å²) in [6, 6.07) is 27.5. The maximum Gasteiger partial charge on any atom is 0.262 e. The molecule has 27 heavy (non-hydrogen) atoms. The van der Waals surface area contributed by atoms with Crippen LogP contribution in [0.15, 0.2) is 95.9 Å². The van der Waals surface area contributed by atoms with Crippen molar-refractivity contribution in [2.24, 2.45) is 0 Å². The smallest absolute Gasteiger partial charge is 0.262 e. The normalized spacial score (nSPS) is 11.4. The molecule has 5 heteroatoms. The third-order valence-corrected chi connectivity index (χ3v) is 6.08. The number of nitrogens with one attached hydrogen (secondary N) is 1. The van der Waals surface area contributed by atoms with Gasteiger partial charge in [-0.3, -0.25) is 4.72 Å². The van der Waals surface area contributed by atoms with Gasteiger partial charge in [-0.15, -0.1) is 0 Å². The third kappa shape index (κ3) is 3.42. The number of halogens is 1. The predicted octanol–water partition coefficient (Wildman–Crippen LogP) is 5.96. The highest BCUT2D eigenvalue weighted by molar-refractivity contribution is 7.93. The molecule has 4 aromatic rings. The van der Waals surface area contributed by atoms with Crippen LogP contribution in [-0.4, -0.2) is 8.42 Å². The Hall–Kier alpha value is -2.82. The lowest BCUT2D eigenvalue weighted by molar-refractivity contribution is 0.602. The zero-order valence-corrected chi connectivity index (χ0v) is 15.8. The Labute approximate surface area is 163 Å². The average molecular weight is 394 g/mol. The van der Waals surface area contributed by atoms with E-state index in [9.17, 15) is 8.42 Å². The molecule has 3 nitrogen and oxygen atoms in total. The number of anilines is 1. The van der Waals surface area contributed by atoms with Gasteiger partial charge in [-0.25, -0.2) is 8.42 Å². The molecule has 0 bridgehead atoms. The second kappa shape index (κ2) is 7.06. The van der Waals surface area contributed by atoms with Gasteiger partial charge < -0.3 is 0 Å². The lowest BCUT2D eigenvalue weighted by Gasteiger charge is -2.14. The fourth-order valence-electron chi connectivity index (χ4n) is 3.13. The van der Waals surface area contributed by atoms with Crippen molar-refractivity contribution >= 4 is 38.1 Å². The van der Waals surface area contributed by atoms with Crippen LogP contribution in [0.25, 0.3) is 21.9 Å². The highest BCUT2D eigenvalue weighted by atomic mass is 35.5. The molecule has 0 heterocycles. The van der Waals surface area contributed by atoms with Gasteiger partial charge in [-0.05, 0) is 29.1 Å². The van der Waals surface area contributed by atoms with Crippen LogP contribution in [0.4, 0.5) is 5.69 Å². The topological polar surface area (TPSA) is 46.2 Å². The third-order valence-electron chi connectivity index (χ3n) is 4.36. The minimum atomic E-state index is -3.83. The molecule has 0 aliphatic rings. The van der Waals surface area contributed by atoms with Crippen molar-refractivity contribution < 1.29 is 8.42 Å². The fourth-order valence-corrected chi connectivity index (χ4v) is 4.80. The van der Waals surface area contributed by atoms with Crippen LogP contribution in [0, 0.1) is 0 Å². The van der Waals surface area contributed by atoms with E-state index >= 15 is 0 Å².